The van der Waals surface area contributed by atoms with Crippen LogP contribution in [-0.2, 0) is 4.79 Å². The summed E-state index contributed by atoms with van der Waals surface area (Å²) >= 11 is 0. The number of nitrogens with zero attached hydrogens (tertiary/aromatic N) is 1. The topological polar surface area (TPSA) is 32.3 Å². The number of amides is 1. The van der Waals surface area contributed by atoms with Crippen LogP contribution in [0.2, 0.25) is 0 Å². The number of anilines is 3. The van der Waals surface area contributed by atoms with Crippen molar-refractivity contribution in [2.24, 2.45) is 40.9 Å². The second-order valence-electron chi connectivity index (χ2n) is 14.0. The summed E-state index contributed by atoms with van der Waals surface area (Å²) in [5.41, 5.74) is 3.74. The Labute approximate surface area is 216 Å². The minimum atomic E-state index is -0.0946. The zero-order chi connectivity index (χ0) is 23.9. The van der Waals surface area contributed by atoms with Gasteiger partial charge in [0.05, 0.1) is 5.41 Å². The molecule has 1 amide bonds. The van der Waals surface area contributed by atoms with Gasteiger partial charge in [-0.2, -0.15) is 0 Å². The van der Waals surface area contributed by atoms with E-state index in [9.17, 15) is 4.79 Å². The fourth-order valence-corrected chi connectivity index (χ4v) is 11.0. The van der Waals surface area contributed by atoms with Gasteiger partial charge >= 0.3 is 0 Å². The molecule has 10 rings (SSSR count). The number of carbonyl (C=O) groups excluding carboxylic acids is 1. The Hall–Kier alpha value is -2.29. The van der Waals surface area contributed by atoms with Gasteiger partial charge in [0.15, 0.2) is 0 Å². The molecule has 8 saturated carbocycles. The van der Waals surface area contributed by atoms with Gasteiger partial charge in [0.2, 0.25) is 5.91 Å². The van der Waals surface area contributed by atoms with Gasteiger partial charge in [-0.05, 0) is 149 Å². The Morgan fingerprint density at radius 3 is 1.56 bits per heavy atom. The van der Waals surface area contributed by atoms with Crippen LogP contribution in [0.15, 0.2) is 54.6 Å². The summed E-state index contributed by atoms with van der Waals surface area (Å²) in [7, 11) is 0. The number of carbonyl (C=O) groups is 1. The number of para-hydroxylation sites is 1. The highest BCUT2D eigenvalue weighted by Crippen LogP contribution is 2.61. The summed E-state index contributed by atoms with van der Waals surface area (Å²) in [6, 6.07) is 20.0. The Morgan fingerprint density at radius 2 is 1.06 bits per heavy atom. The van der Waals surface area contributed by atoms with Gasteiger partial charge in [0.1, 0.15) is 0 Å². The quantitative estimate of drug-likeness (QED) is 0.471. The Bertz CT molecular complexity index is 1080. The van der Waals surface area contributed by atoms with E-state index < -0.39 is 0 Å². The maximum absolute atomic E-state index is 13.6. The van der Waals surface area contributed by atoms with E-state index in [1.807, 2.05) is 0 Å². The molecule has 2 aromatic rings. The van der Waals surface area contributed by atoms with Gasteiger partial charge in [0, 0.05) is 22.6 Å². The van der Waals surface area contributed by atoms with Gasteiger partial charge in [-0.3, -0.25) is 4.79 Å². The number of hydrogen-bond acceptors (Lipinski definition) is 2. The van der Waals surface area contributed by atoms with E-state index in [0.717, 1.165) is 60.5 Å². The van der Waals surface area contributed by atoms with E-state index in [1.165, 1.54) is 69.2 Å². The van der Waals surface area contributed by atoms with Gasteiger partial charge in [-0.15, -0.1) is 0 Å². The summed E-state index contributed by atoms with van der Waals surface area (Å²) in [4.78, 5) is 16.3. The van der Waals surface area contributed by atoms with E-state index in [0.29, 0.717) is 5.91 Å². The minimum Gasteiger partial charge on any atom is -0.335 e. The highest BCUT2D eigenvalue weighted by Gasteiger charge is 2.55. The van der Waals surface area contributed by atoms with Crippen molar-refractivity contribution in [3.8, 4) is 0 Å². The summed E-state index contributed by atoms with van der Waals surface area (Å²) in [6.45, 7) is 0. The molecule has 2 aromatic carbocycles. The maximum Gasteiger partial charge on any atom is 0.230 e. The minimum absolute atomic E-state index is 0.0946. The summed E-state index contributed by atoms with van der Waals surface area (Å²) in [5, 5.41) is 3.38. The number of rotatable bonds is 5. The number of hydrogen-bond donors (Lipinski definition) is 1. The molecule has 8 aliphatic rings. The van der Waals surface area contributed by atoms with Crippen LogP contribution in [0.25, 0.3) is 0 Å². The van der Waals surface area contributed by atoms with Crippen molar-refractivity contribution >= 4 is 23.0 Å². The molecule has 0 heterocycles. The third kappa shape index (κ3) is 3.41. The van der Waals surface area contributed by atoms with Crippen molar-refractivity contribution in [3.63, 3.8) is 0 Å². The van der Waals surface area contributed by atoms with Crippen LogP contribution in [0.3, 0.4) is 0 Å². The Balaban J connectivity index is 1.08. The predicted octanol–water partition coefficient (Wildman–Crippen LogP) is 7.95. The first kappa shape index (κ1) is 21.8. The molecule has 188 valence electrons. The molecule has 0 atom stereocenters. The highest BCUT2D eigenvalue weighted by atomic mass is 16.2. The summed E-state index contributed by atoms with van der Waals surface area (Å²) in [6.07, 6.45) is 15.9. The van der Waals surface area contributed by atoms with Gasteiger partial charge < -0.3 is 10.2 Å². The monoisotopic (exact) mass is 480 g/mol. The molecule has 1 N–H and O–H groups in total. The molecule has 36 heavy (non-hydrogen) atoms. The van der Waals surface area contributed by atoms with Crippen molar-refractivity contribution in [1.29, 1.82) is 0 Å². The van der Waals surface area contributed by atoms with Crippen LogP contribution in [0, 0.1) is 40.9 Å². The third-order valence-electron chi connectivity index (χ3n) is 11.4. The predicted molar refractivity (Wildman–Crippen MR) is 145 cm³/mol. The van der Waals surface area contributed by atoms with Crippen molar-refractivity contribution in [2.75, 3.05) is 10.2 Å². The molecule has 8 fully saturated rings. The lowest BCUT2D eigenvalue weighted by Crippen LogP contribution is -2.58. The van der Waals surface area contributed by atoms with Crippen LogP contribution in [0.1, 0.15) is 77.0 Å². The van der Waals surface area contributed by atoms with E-state index in [4.69, 9.17) is 0 Å². The fourth-order valence-electron chi connectivity index (χ4n) is 11.0. The lowest BCUT2D eigenvalue weighted by atomic mass is 9.49. The van der Waals surface area contributed by atoms with Crippen molar-refractivity contribution in [3.05, 3.63) is 54.6 Å². The van der Waals surface area contributed by atoms with Crippen LogP contribution in [0.5, 0.6) is 0 Å². The third-order valence-corrected chi connectivity index (χ3v) is 11.4. The van der Waals surface area contributed by atoms with E-state index >= 15 is 0 Å². The average molecular weight is 481 g/mol. The zero-order valence-corrected chi connectivity index (χ0v) is 21.5. The van der Waals surface area contributed by atoms with Crippen LogP contribution in [-0.4, -0.2) is 11.4 Å². The highest BCUT2D eigenvalue weighted by molar-refractivity contribution is 5.96. The van der Waals surface area contributed by atoms with E-state index in [1.54, 1.807) is 0 Å². The van der Waals surface area contributed by atoms with E-state index in [2.05, 4.69) is 64.8 Å². The number of nitrogens with one attached hydrogen (secondary N) is 1. The van der Waals surface area contributed by atoms with Gasteiger partial charge in [-0.1, -0.05) is 18.2 Å². The molecule has 8 aliphatic carbocycles. The second kappa shape index (κ2) is 7.85. The molecule has 0 radical (unpaired) electrons. The molecule has 0 unspecified atom stereocenters. The molecule has 3 heteroatoms. The van der Waals surface area contributed by atoms with Gasteiger partial charge in [0.25, 0.3) is 0 Å². The van der Waals surface area contributed by atoms with Crippen LogP contribution >= 0.6 is 0 Å². The van der Waals surface area contributed by atoms with Crippen molar-refractivity contribution < 1.29 is 4.79 Å². The molecular weight excluding hydrogens is 440 g/mol. The first-order valence-corrected chi connectivity index (χ1v) is 14.8. The van der Waals surface area contributed by atoms with Crippen LogP contribution in [0.4, 0.5) is 17.1 Å². The van der Waals surface area contributed by atoms with E-state index in [-0.39, 0.29) is 11.0 Å². The molecule has 0 aromatic heterocycles. The normalized spacial score (nSPS) is 41.4. The average Bonchev–Trinajstić information content (AvgIpc) is 2.84. The lowest BCUT2D eigenvalue weighted by molar-refractivity contribution is -0.140. The summed E-state index contributed by atoms with van der Waals surface area (Å²) < 4.78 is 0. The maximum atomic E-state index is 13.6. The molecule has 0 saturated heterocycles. The fraction of sp³-hybridized carbons (Fsp3) is 0.606. The SMILES string of the molecule is O=C(Nc1ccc(N(c2ccccc2)C23CC4CC(CC(C4)C2)C3)cc1)C12CC3CC(CC(C3)C1)C2. The largest absolute Gasteiger partial charge is 0.335 e. The molecule has 8 bridgehead atoms. The summed E-state index contributed by atoms with van der Waals surface area (Å²) in [5.74, 6) is 5.40. The molecule has 0 aliphatic heterocycles. The van der Waals surface area contributed by atoms with Crippen LogP contribution < -0.4 is 10.2 Å². The Kier molecular flexibility index (Phi) is 4.75. The lowest BCUT2D eigenvalue weighted by Gasteiger charge is -2.61. The van der Waals surface area contributed by atoms with Crippen molar-refractivity contribution in [1.82, 2.24) is 0 Å². The molecule has 0 spiro atoms. The Morgan fingerprint density at radius 1 is 0.611 bits per heavy atom. The smallest absolute Gasteiger partial charge is 0.230 e. The zero-order valence-electron chi connectivity index (χ0n) is 21.5. The van der Waals surface area contributed by atoms with Gasteiger partial charge in [-0.25, -0.2) is 0 Å². The standard InChI is InChI=1S/C33H40N2O/c36-31(32-16-22-10-23(17-32)12-24(11-22)18-32)34-28-6-8-30(9-7-28)35(29-4-2-1-3-5-29)33-19-25-13-26(20-33)15-27(14-25)21-33/h1-9,22-27H,10-21H2,(H,34,36). The number of benzene rings is 2. The second-order valence-corrected chi connectivity index (χ2v) is 14.0. The molecule has 3 nitrogen and oxygen atoms in total. The van der Waals surface area contributed by atoms with Crippen molar-refractivity contribution in [2.45, 2.75) is 82.6 Å². The first-order chi connectivity index (χ1) is 17.6. The molecular formula is C33H40N2O. The first-order valence-electron chi connectivity index (χ1n) is 14.8.